The Morgan fingerprint density at radius 2 is 1.33 bits per heavy atom. The first-order valence-electron chi connectivity index (χ1n) is 8.39. The number of β-amino-alcohol motifs (C(OH)–C–C–N with tert-alkyl or cyclic N) is 1. The van der Waals surface area contributed by atoms with Gasteiger partial charge in [0.15, 0.2) is 0 Å². The maximum Gasteiger partial charge on any atom is 0.303 e. The molecular formula is C17H33NO6. The smallest absolute Gasteiger partial charge is 0.303 e. The third kappa shape index (κ3) is 8.08. The second-order valence-corrected chi connectivity index (χ2v) is 7.57. The second kappa shape index (κ2) is 9.96. The monoisotopic (exact) mass is 347 g/mol. The molecule has 1 aliphatic rings. The molecule has 1 fully saturated rings. The maximum absolute atomic E-state index is 9.64. The van der Waals surface area contributed by atoms with Crippen LogP contribution in [0.15, 0.2) is 0 Å². The van der Waals surface area contributed by atoms with Crippen LogP contribution in [0.4, 0.5) is 0 Å². The number of aliphatic carboxylic acids is 2. The Labute approximate surface area is 144 Å². The van der Waals surface area contributed by atoms with Crippen molar-refractivity contribution in [3.63, 3.8) is 0 Å². The van der Waals surface area contributed by atoms with Gasteiger partial charge in [0.05, 0.1) is 19.4 Å². The van der Waals surface area contributed by atoms with E-state index in [0.717, 1.165) is 25.8 Å². The highest BCUT2D eigenvalue weighted by atomic mass is 16.4. The van der Waals surface area contributed by atoms with E-state index in [0.29, 0.717) is 5.92 Å². The van der Waals surface area contributed by atoms with E-state index in [1.54, 1.807) is 0 Å². The molecule has 142 valence electrons. The van der Waals surface area contributed by atoms with Gasteiger partial charge in [-0.15, -0.1) is 0 Å². The number of rotatable bonds is 7. The third-order valence-electron chi connectivity index (χ3n) is 4.45. The molecule has 1 aliphatic heterocycles. The lowest BCUT2D eigenvalue weighted by atomic mass is 9.72. The number of aliphatic hydroxyl groups is 2. The molecular weight excluding hydrogens is 314 g/mol. The Balaban J connectivity index is 0.000000561. The van der Waals surface area contributed by atoms with Crippen LogP contribution in [0.5, 0.6) is 0 Å². The summed E-state index contributed by atoms with van der Waals surface area (Å²) in [7, 11) is 0. The van der Waals surface area contributed by atoms with E-state index < -0.39 is 11.9 Å². The lowest BCUT2D eigenvalue weighted by molar-refractivity contribution is -0.143. The second-order valence-electron chi connectivity index (χ2n) is 7.57. The Morgan fingerprint density at radius 3 is 1.62 bits per heavy atom. The molecule has 0 saturated carbocycles. The predicted molar refractivity (Wildman–Crippen MR) is 90.9 cm³/mol. The van der Waals surface area contributed by atoms with Gasteiger partial charge in [0.2, 0.25) is 0 Å². The van der Waals surface area contributed by atoms with Crippen molar-refractivity contribution in [2.75, 3.05) is 19.8 Å². The quantitative estimate of drug-likeness (QED) is 0.552. The SMILES string of the molecule is CC1(C)CC(CCO)CC(C)(C)N1CCO.O=C(O)CCC(=O)O. The summed E-state index contributed by atoms with van der Waals surface area (Å²) in [6, 6.07) is 0. The van der Waals surface area contributed by atoms with Crippen molar-refractivity contribution in [3.05, 3.63) is 0 Å². The molecule has 1 rings (SSSR count). The highest BCUT2D eigenvalue weighted by molar-refractivity contribution is 5.75. The molecule has 4 N–H and O–H groups in total. The summed E-state index contributed by atoms with van der Waals surface area (Å²) in [4.78, 5) is 21.7. The van der Waals surface area contributed by atoms with Crippen LogP contribution < -0.4 is 0 Å². The van der Waals surface area contributed by atoms with Gasteiger partial charge in [-0.2, -0.15) is 0 Å². The highest BCUT2D eigenvalue weighted by Gasteiger charge is 2.44. The first-order chi connectivity index (χ1) is 11.0. The third-order valence-corrected chi connectivity index (χ3v) is 4.45. The Morgan fingerprint density at radius 1 is 0.917 bits per heavy atom. The van der Waals surface area contributed by atoms with Crippen LogP contribution in [0.25, 0.3) is 0 Å². The number of piperidine rings is 1. The molecule has 0 amide bonds. The highest BCUT2D eigenvalue weighted by Crippen LogP contribution is 2.42. The molecule has 0 radical (unpaired) electrons. The molecule has 0 atom stereocenters. The summed E-state index contributed by atoms with van der Waals surface area (Å²) in [6.07, 6.45) is 2.53. The van der Waals surface area contributed by atoms with Crippen molar-refractivity contribution >= 4 is 11.9 Å². The topological polar surface area (TPSA) is 118 Å². The van der Waals surface area contributed by atoms with Crippen LogP contribution in [0.3, 0.4) is 0 Å². The van der Waals surface area contributed by atoms with Crippen molar-refractivity contribution in [1.29, 1.82) is 0 Å². The standard InChI is InChI=1S/C13H27NO2.C4H6O4/c1-12(2)9-11(5-7-15)10-13(3,4)14(12)6-8-16;5-3(6)1-2-4(7)8/h11,15-16H,5-10H2,1-4H3;1-2H2,(H,5,6)(H,7,8). The number of carboxylic acid groups (broad SMARTS) is 2. The molecule has 24 heavy (non-hydrogen) atoms. The van der Waals surface area contributed by atoms with E-state index in [-0.39, 0.29) is 37.1 Å². The number of hydrogen-bond donors (Lipinski definition) is 4. The Kier molecular flexibility index (Phi) is 9.47. The van der Waals surface area contributed by atoms with Crippen LogP contribution in [-0.2, 0) is 9.59 Å². The fraction of sp³-hybridized carbons (Fsp3) is 0.882. The molecule has 0 bridgehead atoms. The van der Waals surface area contributed by atoms with Crippen molar-refractivity contribution in [1.82, 2.24) is 4.90 Å². The van der Waals surface area contributed by atoms with Gasteiger partial charge in [0.1, 0.15) is 0 Å². The van der Waals surface area contributed by atoms with Crippen molar-refractivity contribution in [2.24, 2.45) is 5.92 Å². The predicted octanol–water partition coefficient (Wildman–Crippen LogP) is 1.57. The summed E-state index contributed by atoms with van der Waals surface area (Å²) in [5, 5.41) is 34.0. The molecule has 0 aromatic rings. The van der Waals surface area contributed by atoms with Gasteiger partial charge in [-0.25, -0.2) is 0 Å². The first-order valence-corrected chi connectivity index (χ1v) is 8.39. The zero-order valence-electron chi connectivity index (χ0n) is 15.3. The fourth-order valence-electron chi connectivity index (χ4n) is 3.83. The lowest BCUT2D eigenvalue weighted by Gasteiger charge is -2.55. The minimum Gasteiger partial charge on any atom is -0.481 e. The van der Waals surface area contributed by atoms with Crippen LogP contribution in [0.1, 0.15) is 59.8 Å². The van der Waals surface area contributed by atoms with Gasteiger partial charge in [0.25, 0.3) is 0 Å². The van der Waals surface area contributed by atoms with E-state index in [9.17, 15) is 14.7 Å². The van der Waals surface area contributed by atoms with E-state index >= 15 is 0 Å². The van der Waals surface area contributed by atoms with E-state index in [1.807, 2.05) is 0 Å². The number of aliphatic hydroxyl groups excluding tert-OH is 2. The fourth-order valence-corrected chi connectivity index (χ4v) is 3.83. The van der Waals surface area contributed by atoms with Gasteiger partial charge >= 0.3 is 11.9 Å². The minimum atomic E-state index is -1.08. The van der Waals surface area contributed by atoms with Gasteiger partial charge in [-0.05, 0) is 52.9 Å². The van der Waals surface area contributed by atoms with Crippen molar-refractivity contribution in [3.8, 4) is 0 Å². The van der Waals surface area contributed by atoms with Crippen molar-refractivity contribution < 1.29 is 30.0 Å². The van der Waals surface area contributed by atoms with Gasteiger partial charge in [-0.1, -0.05) is 0 Å². The average molecular weight is 347 g/mol. The lowest BCUT2D eigenvalue weighted by Crippen LogP contribution is -2.61. The Hall–Kier alpha value is -1.18. The number of likely N-dealkylation sites (tertiary alicyclic amines) is 1. The van der Waals surface area contributed by atoms with Crippen LogP contribution in [-0.4, -0.2) is 68.1 Å². The molecule has 0 unspecified atom stereocenters. The van der Waals surface area contributed by atoms with Crippen molar-refractivity contribution in [2.45, 2.75) is 70.9 Å². The zero-order valence-corrected chi connectivity index (χ0v) is 15.3. The molecule has 7 nitrogen and oxygen atoms in total. The minimum absolute atomic E-state index is 0.115. The summed E-state index contributed by atoms with van der Waals surface area (Å²) in [5.41, 5.74) is 0.231. The Bertz CT molecular complexity index is 376. The summed E-state index contributed by atoms with van der Waals surface area (Å²) < 4.78 is 0. The molecule has 7 heteroatoms. The average Bonchev–Trinajstić information content (AvgIpc) is 2.41. The largest absolute Gasteiger partial charge is 0.481 e. The number of nitrogens with zero attached hydrogens (tertiary/aromatic N) is 1. The number of carbonyl (C=O) groups is 2. The van der Waals surface area contributed by atoms with Gasteiger partial charge < -0.3 is 20.4 Å². The molecule has 0 aromatic heterocycles. The normalized spacial score (nSPS) is 20.1. The zero-order chi connectivity index (χ0) is 19.0. The van der Waals surface area contributed by atoms with Crippen LogP contribution in [0.2, 0.25) is 0 Å². The van der Waals surface area contributed by atoms with Gasteiger partial charge in [0, 0.05) is 24.2 Å². The van der Waals surface area contributed by atoms with E-state index in [2.05, 4.69) is 32.6 Å². The van der Waals surface area contributed by atoms with Crippen LogP contribution in [0, 0.1) is 5.92 Å². The molecule has 0 aromatic carbocycles. The summed E-state index contributed by atoms with van der Waals surface area (Å²) in [5.74, 6) is -1.55. The molecule has 0 aliphatic carbocycles. The summed E-state index contributed by atoms with van der Waals surface area (Å²) in [6.45, 7) is 10.2. The molecule has 1 heterocycles. The summed E-state index contributed by atoms with van der Waals surface area (Å²) >= 11 is 0. The van der Waals surface area contributed by atoms with E-state index in [4.69, 9.17) is 15.3 Å². The van der Waals surface area contributed by atoms with E-state index in [1.165, 1.54) is 0 Å². The first kappa shape index (κ1) is 22.8. The number of hydrogen-bond acceptors (Lipinski definition) is 5. The van der Waals surface area contributed by atoms with Crippen LogP contribution >= 0.6 is 0 Å². The molecule has 0 spiro atoms. The van der Waals surface area contributed by atoms with Gasteiger partial charge in [-0.3, -0.25) is 14.5 Å². The maximum atomic E-state index is 9.64. The molecule has 1 saturated heterocycles. The number of carboxylic acids is 2.